The summed E-state index contributed by atoms with van der Waals surface area (Å²) in [6.45, 7) is 4.51. The van der Waals surface area contributed by atoms with Crippen LogP contribution < -0.4 is 10.1 Å². The zero-order chi connectivity index (χ0) is 21.7. The second kappa shape index (κ2) is 9.81. The highest BCUT2D eigenvalue weighted by Gasteiger charge is 2.32. The molecule has 1 fully saturated rings. The van der Waals surface area contributed by atoms with Gasteiger partial charge in [-0.05, 0) is 68.7 Å². The lowest BCUT2D eigenvalue weighted by atomic mass is 9.99. The average molecular weight is 451 g/mol. The maximum absolute atomic E-state index is 12.9. The first kappa shape index (κ1) is 22.6. The monoisotopic (exact) mass is 450 g/mol. The van der Waals surface area contributed by atoms with Crippen LogP contribution in [-0.4, -0.2) is 37.8 Å². The van der Waals surface area contributed by atoms with E-state index < -0.39 is 10.0 Å². The summed E-state index contributed by atoms with van der Waals surface area (Å²) < 4.78 is 32.7. The predicted molar refractivity (Wildman–Crippen MR) is 119 cm³/mol. The van der Waals surface area contributed by atoms with E-state index in [1.807, 2.05) is 13.8 Å². The number of hydrogen-bond acceptors (Lipinski definition) is 4. The molecule has 0 spiro atoms. The number of hydrogen-bond donors (Lipinski definition) is 1. The summed E-state index contributed by atoms with van der Waals surface area (Å²) in [5, 5.41) is 3.39. The quantitative estimate of drug-likeness (QED) is 0.682. The Bertz CT molecular complexity index is 977. The molecule has 162 valence electrons. The number of piperidine rings is 1. The van der Waals surface area contributed by atoms with E-state index in [9.17, 15) is 13.2 Å². The van der Waals surface area contributed by atoms with Crippen LogP contribution in [0.3, 0.4) is 0 Å². The predicted octanol–water partition coefficient (Wildman–Crippen LogP) is 4.31. The third-order valence-corrected chi connectivity index (χ3v) is 6.93. The van der Waals surface area contributed by atoms with Crippen molar-refractivity contribution in [2.24, 2.45) is 5.92 Å². The molecule has 30 heavy (non-hydrogen) atoms. The number of nitrogens with one attached hydrogen (secondary N) is 1. The normalized spacial score (nSPS) is 17.7. The number of sulfonamides is 1. The molecule has 1 aliphatic rings. The number of ether oxygens (including phenoxy) is 1. The van der Waals surface area contributed by atoms with Gasteiger partial charge in [-0.2, -0.15) is 0 Å². The van der Waals surface area contributed by atoms with Crippen molar-refractivity contribution in [2.75, 3.05) is 18.4 Å². The van der Waals surface area contributed by atoms with Crippen LogP contribution in [0.4, 0.5) is 5.69 Å². The second-order valence-electron chi connectivity index (χ2n) is 7.76. The van der Waals surface area contributed by atoms with Crippen molar-refractivity contribution in [3.63, 3.8) is 0 Å². The molecule has 6 nitrogen and oxygen atoms in total. The Hall–Kier alpha value is -2.09. The van der Waals surface area contributed by atoms with E-state index in [0.717, 1.165) is 5.75 Å². The molecular weight excluding hydrogens is 424 g/mol. The second-order valence-corrected chi connectivity index (χ2v) is 10.2. The third-order valence-electron chi connectivity index (χ3n) is 4.88. The minimum absolute atomic E-state index is 0.0764. The van der Waals surface area contributed by atoms with Crippen LogP contribution in [0.1, 0.15) is 32.3 Å². The van der Waals surface area contributed by atoms with Crippen molar-refractivity contribution in [3.05, 3.63) is 59.1 Å². The molecule has 0 saturated carbocycles. The van der Waals surface area contributed by atoms with E-state index >= 15 is 0 Å². The summed E-state index contributed by atoms with van der Waals surface area (Å²) in [6.07, 6.45) is 1.38. The zero-order valence-corrected chi connectivity index (χ0v) is 18.7. The van der Waals surface area contributed by atoms with Gasteiger partial charge < -0.3 is 10.1 Å². The molecule has 2 aromatic rings. The number of benzene rings is 2. The maximum atomic E-state index is 12.9. The molecule has 3 rings (SSSR count). The molecule has 1 amide bonds. The lowest BCUT2D eigenvalue weighted by Gasteiger charge is -2.31. The first-order chi connectivity index (χ1) is 14.2. The number of carbonyl (C=O) groups excluding carboxylic acids is 1. The number of nitrogens with zero attached hydrogens (tertiary/aromatic N) is 1. The minimum Gasteiger partial charge on any atom is -0.491 e. The molecule has 1 aliphatic heterocycles. The number of halogens is 1. The Morgan fingerprint density at radius 3 is 2.63 bits per heavy atom. The Kier molecular flexibility index (Phi) is 7.39. The van der Waals surface area contributed by atoms with Crippen LogP contribution >= 0.6 is 11.6 Å². The molecule has 0 aliphatic carbocycles. The molecule has 0 bridgehead atoms. The third kappa shape index (κ3) is 6.20. The average Bonchev–Trinajstić information content (AvgIpc) is 2.69. The van der Waals surface area contributed by atoms with E-state index in [0.29, 0.717) is 35.7 Å². The van der Waals surface area contributed by atoms with Crippen LogP contribution in [0, 0.1) is 5.92 Å². The van der Waals surface area contributed by atoms with Crippen LogP contribution in [0.5, 0.6) is 5.75 Å². The Morgan fingerprint density at radius 2 is 1.97 bits per heavy atom. The van der Waals surface area contributed by atoms with Gasteiger partial charge in [0.2, 0.25) is 15.9 Å². The highest BCUT2D eigenvalue weighted by Crippen LogP contribution is 2.24. The number of rotatable bonds is 7. The largest absolute Gasteiger partial charge is 0.491 e. The summed E-state index contributed by atoms with van der Waals surface area (Å²) in [7, 11) is -3.53. The van der Waals surface area contributed by atoms with E-state index in [2.05, 4.69) is 5.32 Å². The minimum atomic E-state index is -3.53. The van der Waals surface area contributed by atoms with Crippen molar-refractivity contribution < 1.29 is 17.9 Å². The molecule has 0 radical (unpaired) electrons. The summed E-state index contributed by atoms with van der Waals surface area (Å²) in [6, 6.07) is 14.0. The van der Waals surface area contributed by atoms with Gasteiger partial charge in [0.15, 0.2) is 0 Å². The number of carbonyl (C=O) groups is 1. The molecule has 8 heteroatoms. The van der Waals surface area contributed by atoms with Gasteiger partial charge in [-0.3, -0.25) is 4.79 Å². The van der Waals surface area contributed by atoms with Crippen LogP contribution in [0.2, 0.25) is 5.02 Å². The van der Waals surface area contributed by atoms with Crippen molar-refractivity contribution in [1.82, 2.24) is 4.31 Å². The highest BCUT2D eigenvalue weighted by molar-refractivity contribution is 7.88. The van der Waals surface area contributed by atoms with E-state index in [-0.39, 0.29) is 30.2 Å². The Morgan fingerprint density at radius 1 is 1.23 bits per heavy atom. The van der Waals surface area contributed by atoms with Gasteiger partial charge in [0.25, 0.3) is 0 Å². The summed E-state index contributed by atoms with van der Waals surface area (Å²) >= 11 is 5.97. The van der Waals surface area contributed by atoms with E-state index in [1.165, 1.54) is 4.31 Å². The fourth-order valence-corrected chi connectivity index (χ4v) is 5.28. The number of amides is 1. The summed E-state index contributed by atoms with van der Waals surface area (Å²) in [5.74, 6) is 0.0489. The van der Waals surface area contributed by atoms with Gasteiger partial charge in [0.1, 0.15) is 5.75 Å². The zero-order valence-electron chi connectivity index (χ0n) is 17.2. The fraction of sp³-hybridized carbons (Fsp3) is 0.409. The van der Waals surface area contributed by atoms with Crippen LogP contribution in [0.25, 0.3) is 0 Å². The van der Waals surface area contributed by atoms with Gasteiger partial charge in [0, 0.05) is 23.8 Å². The fourth-order valence-electron chi connectivity index (χ4n) is 3.47. The van der Waals surface area contributed by atoms with Crippen molar-refractivity contribution in [1.29, 1.82) is 0 Å². The first-order valence-electron chi connectivity index (χ1n) is 10.0. The summed E-state index contributed by atoms with van der Waals surface area (Å²) in [5.41, 5.74) is 1.30. The van der Waals surface area contributed by atoms with Crippen molar-refractivity contribution in [3.8, 4) is 5.75 Å². The van der Waals surface area contributed by atoms with Crippen molar-refractivity contribution >= 4 is 33.2 Å². The molecule has 0 aromatic heterocycles. The topological polar surface area (TPSA) is 75.7 Å². The molecule has 0 unspecified atom stereocenters. The molecule has 1 heterocycles. The lowest BCUT2D eigenvalue weighted by molar-refractivity contribution is -0.120. The van der Waals surface area contributed by atoms with Crippen molar-refractivity contribution in [2.45, 2.75) is 38.5 Å². The van der Waals surface area contributed by atoms with Crippen LogP contribution in [-0.2, 0) is 20.6 Å². The van der Waals surface area contributed by atoms with Gasteiger partial charge in [-0.1, -0.05) is 23.7 Å². The van der Waals surface area contributed by atoms with E-state index in [1.54, 1.807) is 48.5 Å². The van der Waals surface area contributed by atoms with Crippen LogP contribution in [0.15, 0.2) is 48.5 Å². The van der Waals surface area contributed by atoms with Gasteiger partial charge in [-0.25, -0.2) is 12.7 Å². The van der Waals surface area contributed by atoms with E-state index in [4.69, 9.17) is 16.3 Å². The molecule has 1 N–H and O–H groups in total. The summed E-state index contributed by atoms with van der Waals surface area (Å²) in [4.78, 5) is 12.7. The molecule has 1 saturated heterocycles. The van der Waals surface area contributed by atoms with Gasteiger partial charge >= 0.3 is 0 Å². The molecule has 2 aromatic carbocycles. The maximum Gasteiger partial charge on any atom is 0.228 e. The van der Waals surface area contributed by atoms with Gasteiger partial charge in [-0.15, -0.1) is 0 Å². The lowest BCUT2D eigenvalue weighted by Crippen LogP contribution is -2.44. The Labute approximate surface area is 183 Å². The first-order valence-corrected chi connectivity index (χ1v) is 12.0. The standard InChI is InChI=1S/C22H27ClN2O4S/c1-16(2)29-21-10-8-20(9-11-21)24-22(26)18-6-4-12-25(14-18)30(27,28)15-17-5-3-7-19(23)13-17/h3,5,7-11,13,16,18H,4,6,12,14-15H2,1-2H3,(H,24,26)/t18-/m0/s1. The highest BCUT2D eigenvalue weighted by atomic mass is 35.5. The van der Waals surface area contributed by atoms with Gasteiger partial charge in [0.05, 0.1) is 17.8 Å². The number of anilines is 1. The molecular formula is C22H27ClN2O4S. The Balaban J connectivity index is 1.61. The SMILES string of the molecule is CC(C)Oc1ccc(NC(=O)[C@H]2CCCN(S(=O)(=O)Cc3cccc(Cl)c3)C2)cc1. The smallest absolute Gasteiger partial charge is 0.228 e. The molecule has 1 atom stereocenters.